The molecular formula is C40H51O19P3. The number of hydrogen-bond donors (Lipinski definition) is 8. The molecule has 4 unspecified atom stereocenters. The molecule has 0 heterocycles. The number of phosphoric acid groups is 3. The van der Waals surface area contributed by atoms with Crippen LogP contribution in [0, 0.1) is 83.4 Å². The largest absolute Gasteiger partial charge is 0.472 e. The second-order valence-corrected chi connectivity index (χ2v) is 17.1. The molecule has 1 aliphatic carbocycles. The standard InChI is InChI=1S/C40H51O19P3/c1-3-5-7-9-11-13-15-17-19-21-23-25-27-29-34(42)56-32(30-54-33(41)28-26-24-22-20-18-16-14-12-10-8-6-4-2)31-55-62(52,53)59-40-36(44)38(57-60(46,47)48)35(43)39(37(40)45)58-61(49,50)51/h2,32,35-40,43-45H,3,5,7,9,11,13,15,17,19,21,23,25,27,29-31H2,1H3,(H,52,53)(H2,46,47,48)(H2,49,50,51)/t32-,35?,36-,37?,38-,39+,40?/m1/s1. The predicted molar refractivity (Wildman–Crippen MR) is 219 cm³/mol. The Morgan fingerprint density at radius 2 is 0.952 bits per heavy atom. The summed E-state index contributed by atoms with van der Waals surface area (Å²) in [5.41, 5.74) is 0. The molecule has 1 rings (SSSR count). The lowest BCUT2D eigenvalue weighted by atomic mass is 9.85. The van der Waals surface area contributed by atoms with E-state index in [2.05, 4.69) is 87.0 Å². The van der Waals surface area contributed by atoms with Crippen molar-refractivity contribution in [3.63, 3.8) is 0 Å². The maximum atomic E-state index is 13.0. The number of phosphoric ester groups is 3. The average molecular weight is 929 g/mol. The zero-order valence-electron chi connectivity index (χ0n) is 33.8. The molecule has 0 saturated heterocycles. The Morgan fingerprint density at radius 1 is 0.565 bits per heavy atom. The Bertz CT molecular complexity index is 1980. The zero-order valence-corrected chi connectivity index (χ0v) is 36.5. The summed E-state index contributed by atoms with van der Waals surface area (Å²) in [7, 11) is -16.7. The van der Waals surface area contributed by atoms with Gasteiger partial charge in [-0.2, -0.15) is 0 Å². The quantitative estimate of drug-likeness (QED) is 0.0203. The number of carbonyl (C=O) groups is 2. The van der Waals surface area contributed by atoms with Crippen LogP contribution in [0.4, 0.5) is 0 Å². The lowest BCUT2D eigenvalue weighted by Gasteiger charge is -2.44. The number of carbonyl (C=O) groups excluding carboxylic acids is 2. The number of terminal acetylenes is 1. The van der Waals surface area contributed by atoms with Gasteiger partial charge >= 0.3 is 35.4 Å². The SMILES string of the molecule is C#CC#CC#CC#CC#CC#CC#CC(=O)OC[C@H](COP(=O)(O)OC1C(O)[C@@H](OP(=O)(O)O)C(O)[C@@H](OP(=O)(O)O)[C@H]1O)OC(=O)CCCCCCCCCCCCCCC. The molecule has 19 nitrogen and oxygen atoms in total. The summed E-state index contributed by atoms with van der Waals surface area (Å²) in [6.07, 6.45) is 1.81. The molecule has 22 heteroatoms. The van der Waals surface area contributed by atoms with E-state index < -0.39 is 91.3 Å². The molecule has 0 aromatic heterocycles. The van der Waals surface area contributed by atoms with Gasteiger partial charge in [0, 0.05) is 12.3 Å². The van der Waals surface area contributed by atoms with Crippen molar-refractivity contribution in [2.24, 2.45) is 0 Å². The van der Waals surface area contributed by atoms with E-state index in [9.17, 15) is 63.1 Å². The number of aliphatic hydroxyl groups is 3. The zero-order chi connectivity index (χ0) is 46.4. The van der Waals surface area contributed by atoms with Crippen LogP contribution in [-0.2, 0) is 50.9 Å². The fraction of sp³-hybridized carbons (Fsp3) is 0.600. The van der Waals surface area contributed by atoms with Gasteiger partial charge in [0.15, 0.2) is 6.10 Å². The third-order valence-corrected chi connectivity index (χ3v) is 10.3. The molecule has 1 aliphatic rings. The highest BCUT2D eigenvalue weighted by atomic mass is 31.2. The molecule has 1 fully saturated rings. The summed E-state index contributed by atoms with van der Waals surface area (Å²) in [5.74, 6) is 27.6. The number of hydrogen-bond acceptors (Lipinski definition) is 14. The van der Waals surface area contributed by atoms with Crippen molar-refractivity contribution in [3.05, 3.63) is 0 Å². The van der Waals surface area contributed by atoms with Crippen molar-refractivity contribution in [1.29, 1.82) is 0 Å². The van der Waals surface area contributed by atoms with E-state index in [0.29, 0.717) is 12.8 Å². The smallest absolute Gasteiger partial charge is 0.456 e. The van der Waals surface area contributed by atoms with Gasteiger partial charge < -0.3 is 49.3 Å². The first-order valence-electron chi connectivity index (χ1n) is 19.3. The van der Waals surface area contributed by atoms with Crippen LogP contribution in [0.15, 0.2) is 0 Å². The third kappa shape index (κ3) is 27.2. The molecule has 1 saturated carbocycles. The summed E-state index contributed by atoms with van der Waals surface area (Å²) >= 11 is 0. The number of rotatable bonds is 26. The molecule has 0 aliphatic heterocycles. The first-order valence-corrected chi connectivity index (χ1v) is 23.9. The number of ether oxygens (including phenoxy) is 2. The molecule has 0 aromatic rings. The van der Waals surface area contributed by atoms with Crippen molar-refractivity contribution < 1.29 is 90.6 Å². The molecule has 0 bridgehead atoms. The van der Waals surface area contributed by atoms with E-state index >= 15 is 0 Å². The van der Waals surface area contributed by atoms with E-state index in [-0.39, 0.29) is 6.42 Å². The predicted octanol–water partition coefficient (Wildman–Crippen LogP) is 2.13. The summed E-state index contributed by atoms with van der Waals surface area (Å²) in [4.78, 5) is 72.4. The molecule has 0 radical (unpaired) electrons. The van der Waals surface area contributed by atoms with E-state index in [1.807, 2.05) is 5.92 Å². The topological polar surface area (TPSA) is 303 Å². The molecule has 0 aromatic carbocycles. The van der Waals surface area contributed by atoms with Gasteiger partial charge in [-0.1, -0.05) is 84.0 Å². The van der Waals surface area contributed by atoms with Gasteiger partial charge in [-0.25, -0.2) is 18.5 Å². The van der Waals surface area contributed by atoms with Gasteiger partial charge in [0.1, 0.15) is 43.2 Å². The number of aliphatic hydroxyl groups excluding tert-OH is 3. The highest BCUT2D eigenvalue weighted by molar-refractivity contribution is 7.47. The summed E-state index contributed by atoms with van der Waals surface area (Å²) < 4.78 is 64.5. The summed E-state index contributed by atoms with van der Waals surface area (Å²) in [5, 5.41) is 31.7. The second kappa shape index (κ2) is 31.0. The number of unbranched alkanes of at least 4 members (excludes halogenated alkanes) is 12. The van der Waals surface area contributed by atoms with Crippen molar-refractivity contribution in [2.45, 2.75) is 140 Å². The monoisotopic (exact) mass is 928 g/mol. The van der Waals surface area contributed by atoms with Crippen LogP contribution in [0.5, 0.6) is 0 Å². The van der Waals surface area contributed by atoms with Crippen molar-refractivity contribution >= 4 is 35.4 Å². The lowest BCUT2D eigenvalue weighted by Crippen LogP contribution is -2.65. The Morgan fingerprint density at radius 3 is 1.37 bits per heavy atom. The molecule has 8 atom stereocenters. The Kier molecular flexibility index (Phi) is 28.0. The Balaban J connectivity index is 2.98. The van der Waals surface area contributed by atoms with Crippen LogP contribution < -0.4 is 0 Å². The highest BCUT2D eigenvalue weighted by Crippen LogP contribution is 2.51. The molecule has 0 spiro atoms. The normalized spacial score (nSPS) is 20.6. The van der Waals surface area contributed by atoms with E-state index in [0.717, 1.165) is 25.7 Å². The van der Waals surface area contributed by atoms with E-state index in [1.165, 1.54) is 44.9 Å². The van der Waals surface area contributed by atoms with Gasteiger partial charge in [0.25, 0.3) is 0 Å². The van der Waals surface area contributed by atoms with Gasteiger partial charge in [-0.3, -0.25) is 22.9 Å². The first-order chi connectivity index (χ1) is 29.3. The first kappa shape index (κ1) is 56.1. The van der Waals surface area contributed by atoms with E-state index in [1.54, 1.807) is 0 Å². The molecule has 0 amide bonds. The van der Waals surface area contributed by atoms with Gasteiger partial charge in [0.2, 0.25) is 0 Å². The van der Waals surface area contributed by atoms with Gasteiger partial charge in [-0.05, 0) is 77.5 Å². The molecule has 340 valence electrons. The lowest BCUT2D eigenvalue weighted by molar-refractivity contribution is -0.213. The van der Waals surface area contributed by atoms with Crippen molar-refractivity contribution in [3.8, 4) is 83.4 Å². The highest BCUT2D eigenvalue weighted by Gasteiger charge is 2.56. The van der Waals surface area contributed by atoms with Crippen molar-refractivity contribution in [1.82, 2.24) is 0 Å². The Hall–Kier alpha value is -3.93. The third-order valence-electron chi connectivity index (χ3n) is 8.26. The van der Waals surface area contributed by atoms with Crippen LogP contribution in [0.3, 0.4) is 0 Å². The van der Waals surface area contributed by atoms with E-state index in [4.69, 9.17) is 24.9 Å². The minimum atomic E-state index is -5.58. The average Bonchev–Trinajstić information content (AvgIpc) is 3.19. The maximum Gasteiger partial charge on any atom is 0.472 e. The summed E-state index contributed by atoms with van der Waals surface area (Å²) in [6, 6.07) is 0. The summed E-state index contributed by atoms with van der Waals surface area (Å²) in [6.45, 7) is 0.328. The fourth-order valence-corrected chi connectivity index (χ4v) is 7.58. The van der Waals surface area contributed by atoms with Crippen molar-refractivity contribution in [2.75, 3.05) is 13.2 Å². The number of esters is 2. The second-order valence-electron chi connectivity index (χ2n) is 13.3. The maximum absolute atomic E-state index is 13.0. The van der Waals surface area contributed by atoms with Crippen LogP contribution in [0.1, 0.15) is 96.8 Å². The molecular weight excluding hydrogens is 877 g/mol. The van der Waals surface area contributed by atoms with Crippen LogP contribution in [0.25, 0.3) is 0 Å². The van der Waals surface area contributed by atoms with Gasteiger partial charge in [-0.15, -0.1) is 6.42 Å². The molecule has 62 heavy (non-hydrogen) atoms. The van der Waals surface area contributed by atoms with Gasteiger partial charge in [0.05, 0.1) is 6.61 Å². The van der Waals surface area contributed by atoms with Crippen LogP contribution in [-0.4, -0.2) is 108 Å². The minimum absolute atomic E-state index is 0.0898. The minimum Gasteiger partial charge on any atom is -0.456 e. The Labute approximate surface area is 361 Å². The fourth-order valence-electron chi connectivity index (χ4n) is 5.47. The van der Waals surface area contributed by atoms with Crippen LogP contribution in [0.2, 0.25) is 0 Å². The van der Waals surface area contributed by atoms with Crippen LogP contribution >= 0.6 is 23.5 Å². The molecule has 8 N–H and O–H groups in total.